The third kappa shape index (κ3) is 7.26. The summed E-state index contributed by atoms with van der Waals surface area (Å²) in [4.78, 5) is 0. The maximum absolute atomic E-state index is 11.9. The highest BCUT2D eigenvalue weighted by Crippen LogP contribution is 2.30. The molecule has 0 radical (unpaired) electrons. The zero-order valence-corrected chi connectivity index (χ0v) is 12.7. The van der Waals surface area contributed by atoms with Gasteiger partial charge < -0.3 is 10.1 Å². The van der Waals surface area contributed by atoms with Crippen molar-refractivity contribution < 1.29 is 17.9 Å². The number of nitrogens with one attached hydrogen (secondary N) is 1. The molecule has 1 rings (SSSR count). The van der Waals surface area contributed by atoms with Crippen molar-refractivity contribution in [2.75, 3.05) is 18.9 Å². The zero-order chi connectivity index (χ0) is 15.0. The van der Waals surface area contributed by atoms with Gasteiger partial charge in [0.25, 0.3) is 0 Å². The highest BCUT2D eigenvalue weighted by Gasteiger charge is 2.27. The molecule has 20 heavy (non-hydrogen) atoms. The van der Waals surface area contributed by atoms with Gasteiger partial charge in [0, 0.05) is 12.3 Å². The van der Waals surface area contributed by atoms with Crippen LogP contribution in [0.15, 0.2) is 18.2 Å². The molecular weight excluding hydrogens is 311 g/mol. The summed E-state index contributed by atoms with van der Waals surface area (Å²) in [5, 5.41) is 3.65. The van der Waals surface area contributed by atoms with Crippen LogP contribution in [0, 0.1) is 0 Å². The van der Waals surface area contributed by atoms with Crippen molar-refractivity contribution in [2.45, 2.75) is 25.4 Å². The van der Waals surface area contributed by atoms with Crippen molar-refractivity contribution in [1.29, 1.82) is 0 Å². The van der Waals surface area contributed by atoms with E-state index in [1.54, 1.807) is 12.1 Å². The van der Waals surface area contributed by atoms with Crippen LogP contribution < -0.4 is 10.1 Å². The van der Waals surface area contributed by atoms with Gasteiger partial charge in [0.05, 0.1) is 11.6 Å². The molecule has 0 fully saturated rings. The molecule has 7 heteroatoms. The van der Waals surface area contributed by atoms with Gasteiger partial charge in [-0.2, -0.15) is 13.2 Å². The van der Waals surface area contributed by atoms with E-state index in [-0.39, 0.29) is 24.1 Å². The maximum atomic E-state index is 11.9. The normalized spacial score (nSPS) is 11.7. The van der Waals surface area contributed by atoms with Crippen LogP contribution in [0.25, 0.3) is 0 Å². The second kappa shape index (κ2) is 8.64. The second-order valence-corrected chi connectivity index (χ2v) is 5.65. The molecule has 0 heterocycles. The molecule has 0 aromatic heterocycles. The van der Waals surface area contributed by atoms with E-state index >= 15 is 0 Å². The van der Waals surface area contributed by atoms with Crippen LogP contribution in [-0.2, 0) is 6.54 Å². The minimum Gasteiger partial charge on any atom is -0.491 e. The fourth-order valence-corrected chi connectivity index (χ4v) is 2.15. The largest absolute Gasteiger partial charge is 0.491 e. The lowest BCUT2D eigenvalue weighted by atomic mass is 10.2. The summed E-state index contributed by atoms with van der Waals surface area (Å²) in [6.07, 6.45) is 1.05. The standard InChI is InChI=1S/C13H17ClF3NOS/c1-2-5-18-9-10-3-4-12(11(14)8-10)19-6-7-20-13(15,16)17/h3-4,8,18H,2,5-7,9H2,1H3. The van der Waals surface area contributed by atoms with Crippen LogP contribution in [0.2, 0.25) is 5.02 Å². The average Bonchev–Trinajstić information content (AvgIpc) is 2.36. The summed E-state index contributed by atoms with van der Waals surface area (Å²) in [5.41, 5.74) is -3.21. The molecule has 114 valence electrons. The predicted octanol–water partition coefficient (Wildman–Crippen LogP) is 4.47. The highest BCUT2D eigenvalue weighted by molar-refractivity contribution is 8.00. The molecule has 0 aliphatic carbocycles. The number of thioether (sulfide) groups is 1. The first-order valence-electron chi connectivity index (χ1n) is 6.25. The van der Waals surface area contributed by atoms with Gasteiger partial charge in [-0.3, -0.25) is 0 Å². The van der Waals surface area contributed by atoms with Gasteiger partial charge in [-0.15, -0.1) is 0 Å². The van der Waals surface area contributed by atoms with Crippen molar-refractivity contribution in [1.82, 2.24) is 5.32 Å². The second-order valence-electron chi connectivity index (χ2n) is 4.08. The Morgan fingerprint density at radius 3 is 2.70 bits per heavy atom. The molecule has 1 aromatic carbocycles. The van der Waals surface area contributed by atoms with Crippen LogP contribution in [0.5, 0.6) is 5.75 Å². The summed E-state index contributed by atoms with van der Waals surface area (Å²) in [6, 6.07) is 5.29. The van der Waals surface area contributed by atoms with E-state index in [4.69, 9.17) is 16.3 Å². The Balaban J connectivity index is 2.39. The fraction of sp³-hybridized carbons (Fsp3) is 0.538. The molecule has 1 aromatic rings. The van der Waals surface area contributed by atoms with Crippen LogP contribution in [0.3, 0.4) is 0 Å². The summed E-state index contributed by atoms with van der Waals surface area (Å²) in [6.45, 7) is 3.68. The van der Waals surface area contributed by atoms with Gasteiger partial charge in [-0.05, 0) is 42.4 Å². The topological polar surface area (TPSA) is 21.3 Å². The molecule has 0 aliphatic rings. The molecule has 0 amide bonds. The molecular formula is C13H17ClF3NOS. The molecule has 1 N–H and O–H groups in total. The lowest BCUT2D eigenvalue weighted by molar-refractivity contribution is -0.0329. The van der Waals surface area contributed by atoms with Gasteiger partial charge in [-0.1, -0.05) is 24.6 Å². The first-order valence-corrected chi connectivity index (χ1v) is 7.61. The van der Waals surface area contributed by atoms with E-state index in [1.807, 2.05) is 6.07 Å². The Labute approximate surface area is 126 Å². The molecule has 0 atom stereocenters. The minimum absolute atomic E-state index is 0.0304. The summed E-state index contributed by atoms with van der Waals surface area (Å²) in [5.74, 6) is 0.258. The van der Waals surface area contributed by atoms with Crippen LogP contribution in [-0.4, -0.2) is 24.4 Å². The summed E-state index contributed by atoms with van der Waals surface area (Å²) in [7, 11) is 0. The van der Waals surface area contributed by atoms with Crippen molar-refractivity contribution in [3.05, 3.63) is 28.8 Å². The summed E-state index contributed by atoms with van der Waals surface area (Å²) < 4.78 is 41.0. The van der Waals surface area contributed by atoms with E-state index in [0.717, 1.165) is 18.5 Å². The van der Waals surface area contributed by atoms with Crippen LogP contribution >= 0.6 is 23.4 Å². The Morgan fingerprint density at radius 1 is 1.35 bits per heavy atom. The van der Waals surface area contributed by atoms with Gasteiger partial charge >= 0.3 is 5.51 Å². The lowest BCUT2D eigenvalue weighted by Gasteiger charge is -2.10. The lowest BCUT2D eigenvalue weighted by Crippen LogP contribution is -2.13. The van der Waals surface area contributed by atoms with Crippen molar-refractivity contribution in [2.24, 2.45) is 0 Å². The number of benzene rings is 1. The predicted molar refractivity (Wildman–Crippen MR) is 77.5 cm³/mol. The van der Waals surface area contributed by atoms with E-state index in [9.17, 15) is 13.2 Å². The van der Waals surface area contributed by atoms with Crippen molar-refractivity contribution >= 4 is 23.4 Å². The minimum atomic E-state index is -4.22. The number of ether oxygens (including phenoxy) is 1. The van der Waals surface area contributed by atoms with Gasteiger partial charge in [-0.25, -0.2) is 0 Å². The Bertz CT molecular complexity index is 415. The molecule has 0 spiro atoms. The maximum Gasteiger partial charge on any atom is 0.441 e. The molecule has 0 saturated heterocycles. The van der Waals surface area contributed by atoms with Crippen LogP contribution in [0.4, 0.5) is 13.2 Å². The average molecular weight is 328 g/mol. The van der Waals surface area contributed by atoms with Crippen molar-refractivity contribution in [3.63, 3.8) is 0 Å². The third-order valence-corrected chi connectivity index (χ3v) is 3.35. The zero-order valence-electron chi connectivity index (χ0n) is 11.1. The van der Waals surface area contributed by atoms with Gasteiger partial charge in [0.2, 0.25) is 0 Å². The molecule has 0 unspecified atom stereocenters. The highest BCUT2D eigenvalue weighted by atomic mass is 35.5. The number of alkyl halides is 3. The van der Waals surface area contributed by atoms with E-state index < -0.39 is 5.51 Å². The van der Waals surface area contributed by atoms with E-state index in [2.05, 4.69) is 12.2 Å². The molecule has 2 nitrogen and oxygen atoms in total. The van der Waals surface area contributed by atoms with Crippen LogP contribution in [0.1, 0.15) is 18.9 Å². The van der Waals surface area contributed by atoms with Gasteiger partial charge in [0.1, 0.15) is 5.75 Å². The molecule has 0 bridgehead atoms. The molecule has 0 aliphatic heterocycles. The number of rotatable bonds is 8. The van der Waals surface area contributed by atoms with E-state index in [0.29, 0.717) is 17.3 Å². The number of hydrogen-bond donors (Lipinski definition) is 1. The quantitative estimate of drug-likeness (QED) is 0.712. The first kappa shape index (κ1) is 17.5. The summed E-state index contributed by atoms with van der Waals surface area (Å²) >= 11 is 5.93. The smallest absolute Gasteiger partial charge is 0.441 e. The Kier molecular flexibility index (Phi) is 7.55. The Hall–Kier alpha value is -0.590. The number of halogens is 4. The Morgan fingerprint density at radius 2 is 2.10 bits per heavy atom. The molecule has 0 saturated carbocycles. The first-order chi connectivity index (χ1) is 9.42. The number of hydrogen-bond acceptors (Lipinski definition) is 3. The SMILES string of the molecule is CCCNCc1ccc(OCCSC(F)(F)F)c(Cl)c1. The third-order valence-electron chi connectivity index (χ3n) is 2.36. The van der Waals surface area contributed by atoms with Crippen molar-refractivity contribution in [3.8, 4) is 5.75 Å². The van der Waals surface area contributed by atoms with Gasteiger partial charge in [0.15, 0.2) is 0 Å². The van der Waals surface area contributed by atoms with E-state index in [1.165, 1.54) is 0 Å². The monoisotopic (exact) mass is 327 g/mol. The fourth-order valence-electron chi connectivity index (χ4n) is 1.49.